The highest BCUT2D eigenvalue weighted by Gasteiger charge is 2.30. The minimum atomic E-state index is 0.323. The smallest absolute Gasteiger partial charge is 0.1000 e. The highest BCUT2D eigenvalue weighted by molar-refractivity contribution is 5.84. The molecule has 0 radical (unpaired) electrons. The summed E-state index contributed by atoms with van der Waals surface area (Å²) >= 11 is 0. The Bertz CT molecular complexity index is 660. The molecule has 2 nitrogen and oxygen atoms in total. The molecule has 0 spiro atoms. The molecule has 0 fully saturated rings. The lowest BCUT2D eigenvalue weighted by Crippen LogP contribution is -2.38. The Kier molecular flexibility index (Phi) is 3.23. The maximum atomic E-state index is 4.81. The summed E-state index contributed by atoms with van der Waals surface area (Å²) in [5, 5.41) is 0. The van der Waals surface area contributed by atoms with Gasteiger partial charge in [-0.05, 0) is 29.5 Å². The molecule has 1 unspecified atom stereocenters. The quantitative estimate of drug-likeness (QED) is 0.773. The van der Waals surface area contributed by atoms with Crippen molar-refractivity contribution in [1.29, 1.82) is 0 Å². The highest BCUT2D eigenvalue weighted by Crippen LogP contribution is 2.36. The SMILES string of the molecule is c1ccc(C2c3ccccc3CCC3=NCCCN32)cc1. The van der Waals surface area contributed by atoms with Gasteiger partial charge < -0.3 is 4.90 Å². The Balaban J connectivity index is 1.89. The highest BCUT2D eigenvalue weighted by atomic mass is 15.2. The zero-order valence-corrected chi connectivity index (χ0v) is 12.2. The van der Waals surface area contributed by atoms with E-state index in [0.29, 0.717) is 6.04 Å². The van der Waals surface area contributed by atoms with Gasteiger partial charge in [-0.25, -0.2) is 0 Å². The van der Waals surface area contributed by atoms with E-state index in [1.807, 2.05) is 0 Å². The number of rotatable bonds is 1. The molecule has 2 aliphatic heterocycles. The molecule has 2 aromatic carbocycles. The number of hydrogen-bond acceptors (Lipinski definition) is 2. The second-order valence-corrected chi connectivity index (χ2v) is 5.86. The van der Waals surface area contributed by atoms with Crippen LogP contribution in [0.25, 0.3) is 0 Å². The molecule has 0 saturated heterocycles. The van der Waals surface area contributed by atoms with Gasteiger partial charge >= 0.3 is 0 Å². The van der Waals surface area contributed by atoms with E-state index in [4.69, 9.17) is 4.99 Å². The standard InChI is InChI=1S/C19H20N2/c1-2-8-16(9-3-1)19-17-10-5-4-7-15(17)11-12-18-20-13-6-14-21(18)19/h1-5,7-10,19H,6,11-14H2. The molecule has 0 saturated carbocycles. The molecule has 0 amide bonds. The average Bonchev–Trinajstić information content (AvgIpc) is 2.72. The summed E-state index contributed by atoms with van der Waals surface area (Å²) in [5.74, 6) is 1.30. The Hall–Kier alpha value is -2.09. The summed E-state index contributed by atoms with van der Waals surface area (Å²) in [6.45, 7) is 2.11. The van der Waals surface area contributed by atoms with Crippen molar-refractivity contribution < 1.29 is 0 Å². The summed E-state index contributed by atoms with van der Waals surface area (Å²) in [6, 6.07) is 20.1. The van der Waals surface area contributed by atoms with Crippen LogP contribution in [0.5, 0.6) is 0 Å². The Morgan fingerprint density at radius 2 is 1.71 bits per heavy atom. The molecule has 106 valence electrons. The first-order valence-electron chi connectivity index (χ1n) is 7.86. The van der Waals surface area contributed by atoms with Gasteiger partial charge in [-0.2, -0.15) is 0 Å². The van der Waals surface area contributed by atoms with E-state index in [1.165, 1.54) is 22.5 Å². The maximum Gasteiger partial charge on any atom is 0.1000 e. The van der Waals surface area contributed by atoms with Crippen molar-refractivity contribution in [1.82, 2.24) is 4.90 Å². The molecule has 2 aromatic rings. The maximum absolute atomic E-state index is 4.81. The van der Waals surface area contributed by atoms with Crippen LogP contribution in [0.4, 0.5) is 0 Å². The molecule has 0 aliphatic carbocycles. The van der Waals surface area contributed by atoms with E-state index in [1.54, 1.807) is 0 Å². The second-order valence-electron chi connectivity index (χ2n) is 5.86. The molecular formula is C19H20N2. The number of aryl methyl sites for hydroxylation is 1. The van der Waals surface area contributed by atoms with Crippen molar-refractivity contribution in [2.75, 3.05) is 13.1 Å². The van der Waals surface area contributed by atoms with Crippen LogP contribution in [-0.4, -0.2) is 23.8 Å². The predicted octanol–water partition coefficient (Wildman–Crippen LogP) is 3.83. The molecule has 21 heavy (non-hydrogen) atoms. The summed E-state index contributed by atoms with van der Waals surface area (Å²) in [5.41, 5.74) is 4.31. The van der Waals surface area contributed by atoms with Crippen molar-refractivity contribution in [2.45, 2.75) is 25.3 Å². The fraction of sp³-hybridized carbons (Fsp3) is 0.316. The van der Waals surface area contributed by atoms with E-state index in [-0.39, 0.29) is 0 Å². The van der Waals surface area contributed by atoms with Crippen molar-refractivity contribution in [3.8, 4) is 0 Å². The molecule has 2 heteroatoms. The van der Waals surface area contributed by atoms with E-state index in [0.717, 1.165) is 32.4 Å². The molecule has 0 N–H and O–H groups in total. The molecule has 0 bridgehead atoms. The number of nitrogens with zero attached hydrogens (tertiary/aromatic N) is 2. The molecule has 2 heterocycles. The second kappa shape index (κ2) is 5.36. The van der Waals surface area contributed by atoms with Gasteiger partial charge in [0.2, 0.25) is 0 Å². The van der Waals surface area contributed by atoms with Gasteiger partial charge in [-0.1, -0.05) is 54.6 Å². The third-order valence-corrected chi connectivity index (χ3v) is 4.58. The zero-order chi connectivity index (χ0) is 14.1. The topological polar surface area (TPSA) is 15.6 Å². The normalized spacial score (nSPS) is 21.0. The summed E-state index contributed by atoms with van der Waals surface area (Å²) in [6.07, 6.45) is 3.34. The summed E-state index contributed by atoms with van der Waals surface area (Å²) in [7, 11) is 0. The van der Waals surface area contributed by atoms with Gasteiger partial charge in [0, 0.05) is 19.5 Å². The summed E-state index contributed by atoms with van der Waals surface area (Å²) in [4.78, 5) is 7.35. The first kappa shape index (κ1) is 12.6. The Morgan fingerprint density at radius 1 is 0.905 bits per heavy atom. The van der Waals surface area contributed by atoms with Crippen LogP contribution in [0.15, 0.2) is 59.6 Å². The molecule has 2 aliphatic rings. The molecule has 4 rings (SSSR count). The third-order valence-electron chi connectivity index (χ3n) is 4.58. The third kappa shape index (κ3) is 2.25. The average molecular weight is 276 g/mol. The van der Waals surface area contributed by atoms with E-state index >= 15 is 0 Å². The van der Waals surface area contributed by atoms with Crippen LogP contribution in [0, 0.1) is 0 Å². The summed E-state index contributed by atoms with van der Waals surface area (Å²) < 4.78 is 0. The van der Waals surface area contributed by atoms with Crippen LogP contribution in [0.1, 0.15) is 35.6 Å². The Morgan fingerprint density at radius 3 is 2.62 bits per heavy atom. The van der Waals surface area contributed by atoms with Crippen LogP contribution in [-0.2, 0) is 6.42 Å². The van der Waals surface area contributed by atoms with E-state index in [2.05, 4.69) is 59.5 Å². The van der Waals surface area contributed by atoms with Gasteiger partial charge in [-0.15, -0.1) is 0 Å². The Labute approximate surface area is 126 Å². The lowest BCUT2D eigenvalue weighted by Gasteiger charge is -2.36. The number of fused-ring (bicyclic) bond motifs is 2. The number of aliphatic imine (C=N–C) groups is 1. The fourth-order valence-electron chi connectivity index (χ4n) is 3.61. The van der Waals surface area contributed by atoms with Gasteiger partial charge in [0.15, 0.2) is 0 Å². The van der Waals surface area contributed by atoms with E-state index in [9.17, 15) is 0 Å². The zero-order valence-electron chi connectivity index (χ0n) is 12.2. The van der Waals surface area contributed by atoms with Crippen LogP contribution < -0.4 is 0 Å². The largest absolute Gasteiger partial charge is 0.349 e. The molecule has 1 atom stereocenters. The minimum Gasteiger partial charge on any atom is -0.349 e. The van der Waals surface area contributed by atoms with Gasteiger partial charge in [-0.3, -0.25) is 4.99 Å². The van der Waals surface area contributed by atoms with Gasteiger partial charge in [0.05, 0.1) is 11.9 Å². The minimum absolute atomic E-state index is 0.323. The van der Waals surface area contributed by atoms with Crippen LogP contribution >= 0.6 is 0 Å². The van der Waals surface area contributed by atoms with Crippen molar-refractivity contribution in [3.63, 3.8) is 0 Å². The lowest BCUT2D eigenvalue weighted by molar-refractivity contribution is 0.335. The number of benzene rings is 2. The number of amidine groups is 1. The van der Waals surface area contributed by atoms with Gasteiger partial charge in [0.1, 0.15) is 0 Å². The van der Waals surface area contributed by atoms with Crippen LogP contribution in [0.2, 0.25) is 0 Å². The van der Waals surface area contributed by atoms with E-state index < -0.39 is 0 Å². The lowest BCUT2D eigenvalue weighted by atomic mass is 9.93. The first-order chi connectivity index (χ1) is 10.4. The molecule has 0 aromatic heterocycles. The molecular weight excluding hydrogens is 256 g/mol. The van der Waals surface area contributed by atoms with Crippen LogP contribution in [0.3, 0.4) is 0 Å². The van der Waals surface area contributed by atoms with Crippen molar-refractivity contribution >= 4 is 5.84 Å². The van der Waals surface area contributed by atoms with Gasteiger partial charge in [0.25, 0.3) is 0 Å². The van der Waals surface area contributed by atoms with Crippen molar-refractivity contribution in [3.05, 3.63) is 71.3 Å². The predicted molar refractivity (Wildman–Crippen MR) is 86.7 cm³/mol. The fourth-order valence-corrected chi connectivity index (χ4v) is 3.61. The van der Waals surface area contributed by atoms with Crippen molar-refractivity contribution in [2.24, 2.45) is 4.99 Å². The number of hydrogen-bond donors (Lipinski definition) is 0. The first-order valence-corrected chi connectivity index (χ1v) is 7.86. The monoisotopic (exact) mass is 276 g/mol.